The van der Waals surface area contributed by atoms with Crippen molar-refractivity contribution in [3.05, 3.63) is 64.7 Å². The first-order valence-electron chi connectivity index (χ1n) is 12.6. The molecule has 5 rings (SSSR count). The molecule has 37 heavy (non-hydrogen) atoms. The molecule has 3 atom stereocenters. The quantitative estimate of drug-likeness (QED) is 0.602. The molecule has 2 heterocycles. The summed E-state index contributed by atoms with van der Waals surface area (Å²) >= 11 is 0. The Morgan fingerprint density at radius 1 is 1.08 bits per heavy atom. The maximum atomic E-state index is 14.7. The molecule has 0 bridgehead atoms. The molecule has 0 spiro atoms. The van der Waals surface area contributed by atoms with E-state index in [0.717, 1.165) is 29.3 Å². The zero-order valence-electron chi connectivity index (χ0n) is 21.2. The zero-order chi connectivity index (χ0) is 26.5. The lowest BCUT2D eigenvalue weighted by molar-refractivity contribution is -0.0627. The lowest BCUT2D eigenvalue weighted by atomic mass is 9.92. The van der Waals surface area contributed by atoms with Crippen molar-refractivity contribution >= 4 is 15.9 Å². The van der Waals surface area contributed by atoms with Gasteiger partial charge in [-0.1, -0.05) is 6.07 Å². The fourth-order valence-corrected chi connectivity index (χ4v) is 6.81. The van der Waals surface area contributed by atoms with Crippen LogP contribution in [0.15, 0.2) is 41.3 Å². The molecular formula is C27H32F2N2O5S. The minimum absolute atomic E-state index is 0.0409. The van der Waals surface area contributed by atoms with E-state index in [1.807, 2.05) is 6.07 Å². The second-order valence-electron chi connectivity index (χ2n) is 11.1. The van der Waals surface area contributed by atoms with Gasteiger partial charge in [0.15, 0.2) is 9.84 Å². The smallest absolute Gasteiger partial charge is 0.407 e. The van der Waals surface area contributed by atoms with Gasteiger partial charge in [-0.05, 0) is 81.5 Å². The maximum absolute atomic E-state index is 14.7. The first kappa shape index (κ1) is 26.1. The maximum Gasteiger partial charge on any atom is 0.407 e. The number of fused-ring (bicyclic) bond motifs is 1. The summed E-state index contributed by atoms with van der Waals surface area (Å²) < 4.78 is 65.5. The van der Waals surface area contributed by atoms with E-state index in [-0.39, 0.29) is 23.5 Å². The first-order valence-corrected chi connectivity index (χ1v) is 14.1. The van der Waals surface area contributed by atoms with Crippen LogP contribution in [-0.4, -0.2) is 49.0 Å². The Balaban J connectivity index is 1.35. The molecule has 1 saturated carbocycles. The molecule has 2 fully saturated rings. The van der Waals surface area contributed by atoms with E-state index < -0.39 is 45.3 Å². The summed E-state index contributed by atoms with van der Waals surface area (Å²) in [6.07, 6.45) is 0.290. The highest BCUT2D eigenvalue weighted by atomic mass is 32.2. The van der Waals surface area contributed by atoms with E-state index in [0.29, 0.717) is 37.2 Å². The van der Waals surface area contributed by atoms with Crippen molar-refractivity contribution in [2.45, 2.75) is 87.1 Å². The number of nitrogens with zero attached hydrogens (tertiary/aromatic N) is 1. The number of benzene rings is 2. The van der Waals surface area contributed by atoms with E-state index >= 15 is 0 Å². The van der Waals surface area contributed by atoms with Crippen molar-refractivity contribution in [3.63, 3.8) is 0 Å². The number of carbonyl (C=O) groups is 1. The number of sulfone groups is 1. The number of amides is 1. The summed E-state index contributed by atoms with van der Waals surface area (Å²) in [5, 5.41) is 2.54. The molecule has 2 aliphatic heterocycles. The lowest BCUT2D eigenvalue weighted by Gasteiger charge is -2.40. The Bertz CT molecular complexity index is 1310. The third-order valence-corrected chi connectivity index (χ3v) is 9.32. The monoisotopic (exact) mass is 534 g/mol. The van der Waals surface area contributed by atoms with E-state index in [1.54, 1.807) is 32.9 Å². The van der Waals surface area contributed by atoms with Crippen LogP contribution in [-0.2, 0) is 32.4 Å². The Kier molecular flexibility index (Phi) is 6.79. The van der Waals surface area contributed by atoms with Crippen molar-refractivity contribution in [1.82, 2.24) is 10.2 Å². The fourth-order valence-electron chi connectivity index (χ4n) is 5.11. The summed E-state index contributed by atoms with van der Waals surface area (Å²) in [5.74, 6) is -1.20. The van der Waals surface area contributed by atoms with Gasteiger partial charge < -0.3 is 14.8 Å². The number of halogens is 2. The minimum Gasteiger partial charge on any atom is -0.444 e. The molecule has 7 nitrogen and oxygen atoms in total. The van der Waals surface area contributed by atoms with Gasteiger partial charge in [-0.25, -0.2) is 22.0 Å². The molecular weight excluding hydrogens is 502 g/mol. The van der Waals surface area contributed by atoms with Gasteiger partial charge in [0, 0.05) is 24.7 Å². The second kappa shape index (κ2) is 9.63. The van der Waals surface area contributed by atoms with Gasteiger partial charge in [-0.2, -0.15) is 0 Å². The third kappa shape index (κ3) is 5.66. The SMILES string of the molecule is CC(C)(C)OC(=O)N[C@@H]1C[C@H](N2Cc3ccc(S(=O)(=O)C4CC4)cc3C2)CO[C@H]1c1cc(F)ccc1F. The van der Waals surface area contributed by atoms with Crippen molar-refractivity contribution in [2.24, 2.45) is 0 Å². The average Bonchev–Trinajstić information content (AvgIpc) is 3.59. The third-order valence-electron chi connectivity index (χ3n) is 7.06. The Morgan fingerprint density at radius 3 is 2.51 bits per heavy atom. The molecule has 200 valence electrons. The van der Waals surface area contributed by atoms with Crippen LogP contribution in [0, 0.1) is 11.6 Å². The molecule has 1 saturated heterocycles. The van der Waals surface area contributed by atoms with Crippen LogP contribution in [0.2, 0.25) is 0 Å². The lowest BCUT2D eigenvalue weighted by Crippen LogP contribution is -2.52. The predicted octanol–water partition coefficient (Wildman–Crippen LogP) is 4.64. The van der Waals surface area contributed by atoms with Gasteiger partial charge in [-0.3, -0.25) is 4.90 Å². The molecule has 0 aromatic heterocycles. The average molecular weight is 535 g/mol. The van der Waals surface area contributed by atoms with E-state index in [1.165, 1.54) is 0 Å². The van der Waals surface area contributed by atoms with E-state index in [4.69, 9.17) is 9.47 Å². The second-order valence-corrected chi connectivity index (χ2v) is 13.4. The molecule has 10 heteroatoms. The Hall–Kier alpha value is -2.56. The van der Waals surface area contributed by atoms with Gasteiger partial charge in [-0.15, -0.1) is 0 Å². The number of ether oxygens (including phenoxy) is 2. The summed E-state index contributed by atoms with van der Waals surface area (Å²) in [5.41, 5.74) is 1.31. The molecule has 1 amide bonds. The fraction of sp³-hybridized carbons (Fsp3) is 0.519. The molecule has 2 aromatic carbocycles. The Morgan fingerprint density at radius 2 is 1.81 bits per heavy atom. The van der Waals surface area contributed by atoms with Crippen LogP contribution < -0.4 is 5.32 Å². The van der Waals surface area contributed by atoms with Crippen molar-refractivity contribution in [1.29, 1.82) is 0 Å². The molecule has 2 aromatic rings. The van der Waals surface area contributed by atoms with Crippen LogP contribution in [0.3, 0.4) is 0 Å². The normalized spacial score (nSPS) is 24.5. The van der Waals surface area contributed by atoms with Crippen molar-refractivity contribution < 1.29 is 31.5 Å². The summed E-state index contributed by atoms with van der Waals surface area (Å²) in [4.78, 5) is 15.2. The zero-order valence-corrected chi connectivity index (χ0v) is 22.0. The molecule has 1 aliphatic carbocycles. The van der Waals surface area contributed by atoms with Crippen LogP contribution >= 0.6 is 0 Å². The largest absolute Gasteiger partial charge is 0.444 e. The highest BCUT2D eigenvalue weighted by molar-refractivity contribution is 7.92. The van der Waals surface area contributed by atoms with Crippen LogP contribution in [0.1, 0.15) is 62.8 Å². The summed E-state index contributed by atoms with van der Waals surface area (Å²) in [6.45, 7) is 6.62. The minimum atomic E-state index is -3.28. The number of nitrogens with one attached hydrogen (secondary N) is 1. The van der Waals surface area contributed by atoms with Gasteiger partial charge in [0.05, 0.1) is 22.8 Å². The Labute approximate surface area is 216 Å². The van der Waals surface area contributed by atoms with Crippen LogP contribution in [0.5, 0.6) is 0 Å². The number of hydrogen-bond donors (Lipinski definition) is 1. The highest BCUT2D eigenvalue weighted by Crippen LogP contribution is 2.38. The van der Waals surface area contributed by atoms with E-state index in [9.17, 15) is 22.0 Å². The molecule has 1 N–H and O–H groups in total. The van der Waals surface area contributed by atoms with Gasteiger partial charge in [0.2, 0.25) is 0 Å². The van der Waals surface area contributed by atoms with Crippen molar-refractivity contribution in [2.75, 3.05) is 6.61 Å². The van der Waals surface area contributed by atoms with Gasteiger partial charge in [0.1, 0.15) is 23.3 Å². The number of alkyl carbamates (subject to hydrolysis) is 1. The molecule has 3 aliphatic rings. The molecule has 0 unspecified atom stereocenters. The van der Waals surface area contributed by atoms with Gasteiger partial charge in [0.25, 0.3) is 0 Å². The summed E-state index contributed by atoms with van der Waals surface area (Å²) in [6, 6.07) is 7.71. The highest BCUT2D eigenvalue weighted by Gasteiger charge is 2.41. The molecule has 0 radical (unpaired) electrons. The number of carbonyl (C=O) groups excluding carboxylic acids is 1. The van der Waals surface area contributed by atoms with Gasteiger partial charge >= 0.3 is 6.09 Å². The predicted molar refractivity (Wildman–Crippen MR) is 133 cm³/mol. The van der Waals surface area contributed by atoms with Crippen LogP contribution in [0.4, 0.5) is 13.6 Å². The topological polar surface area (TPSA) is 84.9 Å². The van der Waals surface area contributed by atoms with Crippen LogP contribution in [0.25, 0.3) is 0 Å². The van der Waals surface area contributed by atoms with Crippen molar-refractivity contribution in [3.8, 4) is 0 Å². The number of rotatable bonds is 5. The summed E-state index contributed by atoms with van der Waals surface area (Å²) in [7, 11) is -3.28. The van der Waals surface area contributed by atoms with E-state index in [2.05, 4.69) is 10.2 Å². The number of hydrogen-bond acceptors (Lipinski definition) is 6. The first-order chi connectivity index (χ1) is 17.4. The standard InChI is InChI=1S/C27H32F2N2O5S/c1-27(2,3)36-26(32)30-24-12-19(15-35-25(24)22-11-18(28)5-9-23(22)29)31-13-16-4-6-21(10-17(16)14-31)37(33,34)20-7-8-20/h4-6,9-11,19-20,24-25H,7-8,12-15H2,1-3H3,(H,30,32)/t19-,24+,25-/m0/s1.